The fourth-order valence-electron chi connectivity index (χ4n) is 4.05. The van der Waals surface area contributed by atoms with Crippen LogP contribution in [0.5, 0.6) is 5.75 Å². The average Bonchev–Trinajstić information content (AvgIpc) is 2.90. The highest BCUT2D eigenvalue weighted by Gasteiger charge is 2.43. The highest BCUT2D eigenvalue weighted by atomic mass is 16.5. The molecule has 1 spiro atoms. The van der Waals surface area contributed by atoms with Crippen molar-refractivity contribution in [2.75, 3.05) is 26.9 Å². The van der Waals surface area contributed by atoms with E-state index in [1.54, 1.807) is 7.11 Å². The quantitative estimate of drug-likeness (QED) is 0.903. The highest BCUT2D eigenvalue weighted by Crippen LogP contribution is 2.45. The Morgan fingerprint density at radius 3 is 2.95 bits per heavy atom. The van der Waals surface area contributed by atoms with Crippen molar-refractivity contribution in [2.24, 2.45) is 5.41 Å². The van der Waals surface area contributed by atoms with E-state index in [9.17, 15) is 0 Å². The molecule has 3 nitrogen and oxygen atoms in total. The first-order valence-corrected chi connectivity index (χ1v) is 8.26. The van der Waals surface area contributed by atoms with Crippen LogP contribution in [0.2, 0.25) is 0 Å². The molecule has 1 aliphatic carbocycles. The standard InChI is InChI=1S/C18H27NO2/c1-20-16-5-2-4-15(14-16)7-11-19-17-6-3-8-18(17)9-12-21-13-10-18/h2,4-5,14,17,19H,3,6-13H2,1H3/t17-/m1/s1. The first-order valence-electron chi connectivity index (χ1n) is 8.26. The number of ether oxygens (including phenoxy) is 2. The fraction of sp³-hybridized carbons (Fsp3) is 0.667. The van der Waals surface area contributed by atoms with Crippen molar-refractivity contribution in [3.8, 4) is 5.75 Å². The van der Waals surface area contributed by atoms with Crippen molar-refractivity contribution in [3.05, 3.63) is 29.8 Å². The molecule has 0 radical (unpaired) electrons. The van der Waals surface area contributed by atoms with Crippen LogP contribution in [-0.4, -0.2) is 32.9 Å². The Bertz CT molecular complexity index is 454. The Labute approximate surface area is 128 Å². The Morgan fingerprint density at radius 1 is 1.29 bits per heavy atom. The van der Waals surface area contributed by atoms with Gasteiger partial charge in [0.15, 0.2) is 0 Å². The van der Waals surface area contributed by atoms with Crippen LogP contribution in [0, 0.1) is 5.41 Å². The van der Waals surface area contributed by atoms with Gasteiger partial charge in [0.25, 0.3) is 0 Å². The number of methoxy groups -OCH3 is 1. The van der Waals surface area contributed by atoms with E-state index in [1.807, 2.05) is 6.07 Å². The van der Waals surface area contributed by atoms with Gasteiger partial charge in [0.05, 0.1) is 7.11 Å². The summed E-state index contributed by atoms with van der Waals surface area (Å²) in [5.74, 6) is 0.953. The zero-order valence-corrected chi connectivity index (χ0v) is 13.1. The summed E-state index contributed by atoms with van der Waals surface area (Å²) in [6, 6.07) is 9.09. The number of hydrogen-bond donors (Lipinski definition) is 1. The number of nitrogens with one attached hydrogen (secondary N) is 1. The van der Waals surface area contributed by atoms with Crippen molar-refractivity contribution in [3.63, 3.8) is 0 Å². The Balaban J connectivity index is 1.52. The maximum absolute atomic E-state index is 5.56. The minimum absolute atomic E-state index is 0.520. The number of hydrogen-bond acceptors (Lipinski definition) is 3. The van der Waals surface area contributed by atoms with Crippen molar-refractivity contribution >= 4 is 0 Å². The van der Waals surface area contributed by atoms with Crippen molar-refractivity contribution < 1.29 is 9.47 Å². The van der Waals surface area contributed by atoms with E-state index < -0.39 is 0 Å². The van der Waals surface area contributed by atoms with E-state index in [4.69, 9.17) is 9.47 Å². The summed E-state index contributed by atoms with van der Waals surface area (Å²) in [7, 11) is 1.73. The van der Waals surface area contributed by atoms with Gasteiger partial charge < -0.3 is 14.8 Å². The molecule has 0 aromatic heterocycles. The lowest BCUT2D eigenvalue weighted by atomic mass is 9.75. The molecular weight excluding hydrogens is 262 g/mol. The molecule has 116 valence electrons. The number of rotatable bonds is 5. The van der Waals surface area contributed by atoms with Crippen LogP contribution >= 0.6 is 0 Å². The SMILES string of the molecule is COc1cccc(CCN[C@@H]2CCCC23CCOCC3)c1. The van der Waals surface area contributed by atoms with Gasteiger partial charge in [0.2, 0.25) is 0 Å². The topological polar surface area (TPSA) is 30.5 Å². The van der Waals surface area contributed by atoms with Gasteiger partial charge in [0.1, 0.15) is 5.75 Å². The zero-order valence-electron chi connectivity index (χ0n) is 13.1. The molecule has 0 amide bonds. The molecular formula is C18H27NO2. The lowest BCUT2D eigenvalue weighted by Gasteiger charge is -2.39. The molecule has 1 saturated heterocycles. The summed E-state index contributed by atoms with van der Waals surface area (Å²) < 4.78 is 10.9. The lowest BCUT2D eigenvalue weighted by molar-refractivity contribution is 0.00456. The summed E-state index contributed by atoms with van der Waals surface area (Å²) in [6.07, 6.45) is 7.63. The molecule has 0 bridgehead atoms. The van der Waals surface area contributed by atoms with Crippen LogP contribution in [0.1, 0.15) is 37.7 Å². The molecule has 1 N–H and O–H groups in total. The third-order valence-electron chi connectivity index (χ3n) is 5.33. The predicted molar refractivity (Wildman–Crippen MR) is 84.8 cm³/mol. The maximum Gasteiger partial charge on any atom is 0.119 e. The molecule has 3 rings (SSSR count). The molecule has 1 aromatic carbocycles. The highest BCUT2D eigenvalue weighted by molar-refractivity contribution is 5.28. The Morgan fingerprint density at radius 2 is 2.14 bits per heavy atom. The second-order valence-electron chi connectivity index (χ2n) is 6.48. The van der Waals surface area contributed by atoms with E-state index in [-0.39, 0.29) is 0 Å². The van der Waals surface area contributed by atoms with Crippen LogP contribution in [0.3, 0.4) is 0 Å². The van der Waals surface area contributed by atoms with E-state index in [1.165, 1.54) is 37.7 Å². The van der Waals surface area contributed by atoms with Gasteiger partial charge in [-0.2, -0.15) is 0 Å². The molecule has 1 saturated carbocycles. The van der Waals surface area contributed by atoms with Gasteiger partial charge >= 0.3 is 0 Å². The molecule has 1 atom stereocenters. The monoisotopic (exact) mass is 289 g/mol. The first-order chi connectivity index (χ1) is 10.3. The van der Waals surface area contributed by atoms with Crippen molar-refractivity contribution in [1.29, 1.82) is 0 Å². The summed E-state index contributed by atoms with van der Waals surface area (Å²) in [5, 5.41) is 3.83. The lowest BCUT2D eigenvalue weighted by Crippen LogP contribution is -2.45. The van der Waals surface area contributed by atoms with Gasteiger partial charge in [-0.15, -0.1) is 0 Å². The average molecular weight is 289 g/mol. The summed E-state index contributed by atoms with van der Waals surface area (Å²) in [4.78, 5) is 0. The third-order valence-corrected chi connectivity index (χ3v) is 5.33. The molecule has 3 heteroatoms. The van der Waals surface area contributed by atoms with E-state index in [0.29, 0.717) is 11.5 Å². The summed E-state index contributed by atoms with van der Waals surface area (Å²) >= 11 is 0. The van der Waals surface area contributed by atoms with Crippen molar-refractivity contribution in [1.82, 2.24) is 5.32 Å². The van der Waals surface area contributed by atoms with Crippen LogP contribution < -0.4 is 10.1 Å². The fourth-order valence-corrected chi connectivity index (χ4v) is 4.05. The molecule has 2 aliphatic rings. The zero-order chi connectivity index (χ0) is 14.5. The van der Waals surface area contributed by atoms with Crippen molar-refractivity contribution in [2.45, 2.75) is 44.6 Å². The first kappa shape index (κ1) is 14.9. The van der Waals surface area contributed by atoms with Gasteiger partial charge in [-0.3, -0.25) is 0 Å². The molecule has 1 aliphatic heterocycles. The van der Waals surface area contributed by atoms with Crippen LogP contribution in [0.25, 0.3) is 0 Å². The van der Waals surface area contributed by atoms with E-state index in [2.05, 4.69) is 23.5 Å². The van der Waals surface area contributed by atoms with Crippen LogP contribution in [-0.2, 0) is 11.2 Å². The third kappa shape index (κ3) is 3.41. The largest absolute Gasteiger partial charge is 0.497 e. The molecule has 0 unspecified atom stereocenters. The second-order valence-corrected chi connectivity index (χ2v) is 6.48. The maximum atomic E-state index is 5.56. The molecule has 1 aromatic rings. The van der Waals surface area contributed by atoms with Gasteiger partial charge in [-0.1, -0.05) is 18.6 Å². The van der Waals surface area contributed by atoms with Gasteiger partial charge in [-0.25, -0.2) is 0 Å². The summed E-state index contributed by atoms with van der Waals surface area (Å²) in [6.45, 7) is 2.96. The van der Waals surface area contributed by atoms with Crippen LogP contribution in [0.15, 0.2) is 24.3 Å². The minimum Gasteiger partial charge on any atom is -0.497 e. The smallest absolute Gasteiger partial charge is 0.119 e. The minimum atomic E-state index is 0.520. The molecule has 2 fully saturated rings. The molecule has 1 heterocycles. The number of benzene rings is 1. The Hall–Kier alpha value is -1.06. The second kappa shape index (κ2) is 6.80. The van der Waals surface area contributed by atoms with E-state index >= 15 is 0 Å². The van der Waals surface area contributed by atoms with Gasteiger partial charge in [-0.05, 0) is 61.8 Å². The van der Waals surface area contributed by atoms with Crippen LogP contribution in [0.4, 0.5) is 0 Å². The van der Waals surface area contributed by atoms with E-state index in [0.717, 1.165) is 31.9 Å². The predicted octanol–water partition coefficient (Wildman–Crippen LogP) is 3.18. The Kier molecular flexibility index (Phi) is 4.81. The summed E-state index contributed by atoms with van der Waals surface area (Å²) in [5.41, 5.74) is 1.87. The normalized spacial score (nSPS) is 24.3. The molecule has 21 heavy (non-hydrogen) atoms. The van der Waals surface area contributed by atoms with Gasteiger partial charge in [0, 0.05) is 19.3 Å².